The molecule has 31 heavy (non-hydrogen) atoms. The van der Waals surface area contributed by atoms with Crippen LogP contribution in [0.1, 0.15) is 47.7 Å². The van der Waals surface area contributed by atoms with Crippen LogP contribution in [0.5, 0.6) is 11.5 Å². The van der Waals surface area contributed by atoms with Gasteiger partial charge in [0.05, 0.1) is 16.6 Å². The second-order valence-electron chi connectivity index (χ2n) is 8.03. The van der Waals surface area contributed by atoms with Gasteiger partial charge in [-0.15, -0.1) is 0 Å². The fourth-order valence-corrected chi connectivity index (χ4v) is 4.17. The molecule has 0 bridgehead atoms. The van der Waals surface area contributed by atoms with E-state index < -0.39 is 0 Å². The predicted octanol–water partition coefficient (Wildman–Crippen LogP) is 6.45. The summed E-state index contributed by atoms with van der Waals surface area (Å²) in [7, 11) is 0. The minimum atomic E-state index is -0.292. The molecule has 158 valence electrons. The first-order valence-electron chi connectivity index (χ1n) is 10.8. The number of hydrogen-bond donors (Lipinski definition) is 2. The molecule has 1 aromatic heterocycles. The van der Waals surface area contributed by atoms with Gasteiger partial charge in [0.25, 0.3) is 5.91 Å². The van der Waals surface area contributed by atoms with Crippen molar-refractivity contribution in [1.29, 1.82) is 0 Å². The Morgan fingerprint density at radius 3 is 2.55 bits per heavy atom. The molecule has 0 atom stereocenters. The first-order chi connectivity index (χ1) is 15.0. The van der Waals surface area contributed by atoms with Gasteiger partial charge in [-0.2, -0.15) is 0 Å². The van der Waals surface area contributed by atoms with Crippen LogP contribution in [-0.2, 0) is 6.42 Å². The molecule has 1 heterocycles. The molecule has 3 aromatic carbocycles. The van der Waals surface area contributed by atoms with Crippen molar-refractivity contribution in [2.45, 2.75) is 39.5 Å². The standard InChI is InChI=1S/C27H27NO3/c1-3-4-5-11-21-17-23(29)24(20-12-8-9-18(2)16-20)26(30)25(21)27(31)28-15-14-19-10-6-7-13-22(19)28/h6-10,12-17,29-30H,3-5,11H2,1-2H3. The Morgan fingerprint density at radius 2 is 1.77 bits per heavy atom. The van der Waals surface area contributed by atoms with Crippen LogP contribution in [-0.4, -0.2) is 20.7 Å². The molecular formula is C27H27NO3. The van der Waals surface area contributed by atoms with Gasteiger partial charge in [-0.3, -0.25) is 9.36 Å². The van der Waals surface area contributed by atoms with Crippen LogP contribution in [0.3, 0.4) is 0 Å². The van der Waals surface area contributed by atoms with E-state index in [9.17, 15) is 15.0 Å². The lowest BCUT2D eigenvalue weighted by atomic mass is 9.92. The maximum absolute atomic E-state index is 13.7. The minimum absolute atomic E-state index is 0.0106. The van der Waals surface area contributed by atoms with Gasteiger partial charge in [-0.05, 0) is 49.1 Å². The molecule has 0 fully saturated rings. The second kappa shape index (κ2) is 8.68. The van der Waals surface area contributed by atoms with Gasteiger partial charge in [0.2, 0.25) is 0 Å². The molecule has 0 aliphatic rings. The zero-order valence-corrected chi connectivity index (χ0v) is 17.9. The lowest BCUT2D eigenvalue weighted by Crippen LogP contribution is -2.14. The summed E-state index contributed by atoms with van der Waals surface area (Å²) in [5.41, 5.74) is 3.70. The molecule has 0 radical (unpaired) electrons. The number of carbonyl (C=O) groups is 1. The molecule has 0 aliphatic carbocycles. The van der Waals surface area contributed by atoms with Gasteiger partial charge in [0.1, 0.15) is 11.5 Å². The number of para-hydroxylation sites is 1. The van der Waals surface area contributed by atoms with Crippen molar-refractivity contribution in [1.82, 2.24) is 4.57 Å². The van der Waals surface area contributed by atoms with Crippen molar-refractivity contribution in [3.05, 3.63) is 83.6 Å². The van der Waals surface area contributed by atoms with Gasteiger partial charge in [-0.25, -0.2) is 0 Å². The largest absolute Gasteiger partial charge is 0.507 e. The van der Waals surface area contributed by atoms with E-state index in [-0.39, 0.29) is 23.0 Å². The Balaban J connectivity index is 1.91. The summed E-state index contributed by atoms with van der Waals surface area (Å²) in [5, 5.41) is 23.1. The van der Waals surface area contributed by atoms with Crippen molar-refractivity contribution in [2.75, 3.05) is 0 Å². The second-order valence-corrected chi connectivity index (χ2v) is 8.03. The van der Waals surface area contributed by atoms with Crippen LogP contribution in [0.25, 0.3) is 22.0 Å². The summed E-state index contributed by atoms with van der Waals surface area (Å²) in [6, 6.07) is 18.8. The Labute approximate surface area is 182 Å². The maximum Gasteiger partial charge on any atom is 0.266 e. The average Bonchev–Trinajstić information content (AvgIpc) is 3.18. The summed E-state index contributed by atoms with van der Waals surface area (Å²) in [6.07, 6.45) is 5.29. The predicted molar refractivity (Wildman–Crippen MR) is 125 cm³/mol. The van der Waals surface area contributed by atoms with Crippen LogP contribution < -0.4 is 0 Å². The van der Waals surface area contributed by atoms with E-state index in [0.29, 0.717) is 23.1 Å². The number of hydrogen-bond acceptors (Lipinski definition) is 3. The van der Waals surface area contributed by atoms with Crippen LogP contribution >= 0.6 is 0 Å². The van der Waals surface area contributed by atoms with Crippen molar-refractivity contribution in [2.24, 2.45) is 0 Å². The molecule has 4 nitrogen and oxygen atoms in total. The van der Waals surface area contributed by atoms with Crippen molar-refractivity contribution >= 4 is 16.8 Å². The monoisotopic (exact) mass is 413 g/mol. The zero-order chi connectivity index (χ0) is 22.0. The Kier molecular flexibility index (Phi) is 5.81. The van der Waals surface area contributed by atoms with Crippen molar-refractivity contribution < 1.29 is 15.0 Å². The van der Waals surface area contributed by atoms with Gasteiger partial charge in [0.15, 0.2) is 0 Å². The molecular weight excluding hydrogens is 386 g/mol. The van der Waals surface area contributed by atoms with Crippen molar-refractivity contribution in [3.63, 3.8) is 0 Å². The molecule has 4 heteroatoms. The van der Waals surface area contributed by atoms with Crippen LogP contribution in [0.4, 0.5) is 0 Å². The molecule has 2 N–H and O–H groups in total. The molecule has 0 spiro atoms. The summed E-state index contributed by atoms with van der Waals surface area (Å²) in [4.78, 5) is 13.7. The van der Waals surface area contributed by atoms with E-state index in [2.05, 4.69) is 6.92 Å². The number of unbranched alkanes of at least 4 members (excludes halogenated alkanes) is 2. The highest BCUT2D eigenvalue weighted by Gasteiger charge is 2.25. The molecule has 0 saturated heterocycles. The van der Waals surface area contributed by atoms with Crippen LogP contribution in [0.15, 0.2) is 66.9 Å². The van der Waals surface area contributed by atoms with E-state index >= 15 is 0 Å². The molecule has 4 aromatic rings. The number of aromatic hydroxyl groups is 2. The average molecular weight is 414 g/mol. The summed E-state index contributed by atoms with van der Waals surface area (Å²) < 4.78 is 1.57. The third kappa shape index (κ3) is 3.93. The number of aromatic nitrogens is 1. The number of phenols is 2. The van der Waals surface area contributed by atoms with E-state index in [0.717, 1.165) is 35.7 Å². The number of nitrogens with zero attached hydrogens (tertiary/aromatic N) is 1. The van der Waals surface area contributed by atoms with E-state index in [4.69, 9.17) is 0 Å². The van der Waals surface area contributed by atoms with E-state index in [1.54, 1.807) is 16.8 Å². The first-order valence-corrected chi connectivity index (χ1v) is 10.8. The fraction of sp³-hybridized carbons (Fsp3) is 0.222. The van der Waals surface area contributed by atoms with E-state index in [1.807, 2.05) is 61.5 Å². The van der Waals surface area contributed by atoms with Gasteiger partial charge >= 0.3 is 0 Å². The quantitative estimate of drug-likeness (QED) is 0.357. The van der Waals surface area contributed by atoms with Crippen LogP contribution in [0.2, 0.25) is 0 Å². The normalized spacial score (nSPS) is 11.2. The highest BCUT2D eigenvalue weighted by molar-refractivity contribution is 6.07. The SMILES string of the molecule is CCCCCc1cc(O)c(-c2cccc(C)c2)c(O)c1C(=O)n1ccc2ccccc21. The smallest absolute Gasteiger partial charge is 0.266 e. The topological polar surface area (TPSA) is 62.5 Å². The van der Waals surface area contributed by atoms with Crippen molar-refractivity contribution in [3.8, 4) is 22.6 Å². The van der Waals surface area contributed by atoms with E-state index in [1.165, 1.54) is 0 Å². The van der Waals surface area contributed by atoms with Gasteiger partial charge in [0, 0.05) is 11.6 Å². The zero-order valence-electron chi connectivity index (χ0n) is 17.9. The maximum atomic E-state index is 13.7. The summed E-state index contributed by atoms with van der Waals surface area (Å²) in [6.45, 7) is 4.07. The van der Waals surface area contributed by atoms with Crippen LogP contribution in [0, 0.1) is 6.92 Å². The Hall–Kier alpha value is -3.53. The third-order valence-electron chi connectivity index (χ3n) is 5.75. The minimum Gasteiger partial charge on any atom is -0.507 e. The summed E-state index contributed by atoms with van der Waals surface area (Å²) >= 11 is 0. The molecule has 0 unspecified atom stereocenters. The number of carbonyl (C=O) groups excluding carboxylic acids is 1. The summed E-state index contributed by atoms with van der Waals surface area (Å²) in [5.74, 6) is -0.470. The number of phenolic OH excluding ortho intramolecular Hbond substituents is 2. The highest BCUT2D eigenvalue weighted by atomic mass is 16.3. The molecule has 0 saturated carbocycles. The number of aryl methyl sites for hydroxylation is 2. The van der Waals surface area contributed by atoms with Gasteiger partial charge in [-0.1, -0.05) is 67.8 Å². The number of fused-ring (bicyclic) bond motifs is 1. The lowest BCUT2D eigenvalue weighted by molar-refractivity contribution is 0.0961. The lowest BCUT2D eigenvalue weighted by Gasteiger charge is -2.17. The molecule has 4 rings (SSSR count). The highest BCUT2D eigenvalue weighted by Crippen LogP contribution is 2.42. The molecule has 0 aliphatic heterocycles. The van der Waals surface area contributed by atoms with Gasteiger partial charge < -0.3 is 10.2 Å². The fourth-order valence-electron chi connectivity index (χ4n) is 4.17. The molecule has 0 amide bonds. The number of rotatable bonds is 6. The number of benzene rings is 3. The third-order valence-corrected chi connectivity index (χ3v) is 5.75. The Morgan fingerprint density at radius 1 is 0.968 bits per heavy atom. The Bertz CT molecular complexity index is 1250. The first kappa shape index (κ1) is 20.7.